The van der Waals surface area contributed by atoms with Crippen LogP contribution in [-0.4, -0.2) is 69.9 Å². The van der Waals surface area contributed by atoms with Crippen LogP contribution in [0.3, 0.4) is 0 Å². The maximum Gasteiger partial charge on any atom is 0.252 e. The van der Waals surface area contributed by atoms with Crippen LogP contribution in [-0.2, 0) is 0 Å². The van der Waals surface area contributed by atoms with Crippen molar-refractivity contribution in [1.82, 2.24) is 29.6 Å². The summed E-state index contributed by atoms with van der Waals surface area (Å²) in [5.41, 5.74) is 1.73. The maximum absolute atomic E-state index is 9.90. The Hall–Kier alpha value is -4.42. The average Bonchev–Trinajstić information content (AvgIpc) is 3.26. The maximum atomic E-state index is 9.90. The lowest BCUT2D eigenvalue weighted by atomic mass is 10.1. The van der Waals surface area contributed by atoms with Gasteiger partial charge in [-0.05, 0) is 20.0 Å². The van der Waals surface area contributed by atoms with Gasteiger partial charge in [0.1, 0.15) is 29.2 Å². The Morgan fingerprint density at radius 1 is 1.06 bits per heavy atom. The number of nitrogens with zero attached hydrogens (tertiary/aromatic N) is 11. The topological polar surface area (TPSA) is 147 Å². The van der Waals surface area contributed by atoms with E-state index in [1.54, 1.807) is 25.5 Å². The molecule has 4 heterocycles. The van der Waals surface area contributed by atoms with E-state index in [0.717, 1.165) is 26.2 Å². The van der Waals surface area contributed by atoms with Gasteiger partial charge in [0.15, 0.2) is 11.6 Å². The van der Waals surface area contributed by atoms with Gasteiger partial charge in [-0.3, -0.25) is 0 Å². The molecule has 1 aliphatic rings. The van der Waals surface area contributed by atoms with Gasteiger partial charge in [-0.15, -0.1) is 10.2 Å². The molecule has 12 heteroatoms. The van der Waals surface area contributed by atoms with Crippen LogP contribution < -0.4 is 10.2 Å². The summed E-state index contributed by atoms with van der Waals surface area (Å²) in [7, 11) is 3.81. The van der Waals surface area contributed by atoms with E-state index in [4.69, 9.17) is 4.98 Å². The average molecular weight is 442 g/mol. The number of azo groups is 1. The fourth-order valence-corrected chi connectivity index (χ4v) is 3.52. The van der Waals surface area contributed by atoms with E-state index in [2.05, 4.69) is 59.6 Å². The van der Waals surface area contributed by atoms with E-state index in [-0.39, 0.29) is 17.3 Å². The molecule has 0 aromatic carbocycles. The van der Waals surface area contributed by atoms with Crippen LogP contribution in [0.5, 0.6) is 0 Å². The molecular weight excluding hydrogens is 420 g/mol. The highest BCUT2D eigenvalue weighted by atomic mass is 15.4. The van der Waals surface area contributed by atoms with Crippen molar-refractivity contribution in [2.75, 3.05) is 50.5 Å². The third-order valence-corrected chi connectivity index (χ3v) is 5.40. The predicted octanol–water partition coefficient (Wildman–Crippen LogP) is 2.32. The first-order valence-electron chi connectivity index (χ1n) is 10.3. The Morgan fingerprint density at radius 2 is 1.79 bits per heavy atom. The third-order valence-electron chi connectivity index (χ3n) is 5.40. The normalized spacial score (nSPS) is 14.3. The fraction of sp³-hybridized carbons (Fsp3) is 0.333. The second-order valence-corrected chi connectivity index (χ2v) is 7.44. The summed E-state index contributed by atoms with van der Waals surface area (Å²) in [6.07, 6.45) is 4.52. The SMILES string of the molecule is CNc1nc(N2CCN(C)CC2)c(C#N)c(C)c1/N=N/c1c(C#N)cnn1-c1ncccn1. The van der Waals surface area contributed by atoms with E-state index in [9.17, 15) is 10.5 Å². The molecule has 33 heavy (non-hydrogen) atoms. The van der Waals surface area contributed by atoms with Crippen LogP contribution in [0.1, 0.15) is 16.7 Å². The minimum absolute atomic E-state index is 0.187. The van der Waals surface area contributed by atoms with Gasteiger partial charge >= 0.3 is 0 Å². The van der Waals surface area contributed by atoms with Crippen LogP contribution in [0.25, 0.3) is 5.95 Å². The van der Waals surface area contributed by atoms with Crippen molar-refractivity contribution in [3.63, 3.8) is 0 Å². The summed E-state index contributed by atoms with van der Waals surface area (Å²) in [4.78, 5) is 17.4. The molecule has 166 valence electrons. The first-order valence-corrected chi connectivity index (χ1v) is 10.3. The zero-order valence-corrected chi connectivity index (χ0v) is 18.6. The highest BCUT2D eigenvalue weighted by Gasteiger charge is 2.24. The summed E-state index contributed by atoms with van der Waals surface area (Å²) in [6, 6.07) is 6.02. The molecule has 1 N–H and O–H groups in total. The largest absolute Gasteiger partial charge is 0.371 e. The minimum Gasteiger partial charge on any atom is -0.371 e. The van der Waals surface area contributed by atoms with E-state index >= 15 is 0 Å². The van der Waals surface area contributed by atoms with Gasteiger partial charge in [0, 0.05) is 51.2 Å². The molecule has 4 rings (SSSR count). The van der Waals surface area contributed by atoms with Crippen molar-refractivity contribution in [2.24, 2.45) is 10.2 Å². The second kappa shape index (κ2) is 9.38. The molecular formula is C21H22N12. The molecule has 0 radical (unpaired) electrons. The number of piperazine rings is 1. The highest BCUT2D eigenvalue weighted by Crippen LogP contribution is 2.36. The molecule has 0 amide bonds. The molecule has 0 atom stereocenters. The van der Waals surface area contributed by atoms with Gasteiger partial charge in [0.05, 0.1) is 11.8 Å². The zero-order valence-electron chi connectivity index (χ0n) is 18.6. The van der Waals surface area contributed by atoms with Crippen molar-refractivity contribution in [3.8, 4) is 18.1 Å². The summed E-state index contributed by atoms with van der Waals surface area (Å²) in [5, 5.41) is 35.3. The van der Waals surface area contributed by atoms with Gasteiger partial charge < -0.3 is 15.1 Å². The first kappa shape index (κ1) is 21.8. The highest BCUT2D eigenvalue weighted by molar-refractivity contribution is 5.74. The molecule has 12 nitrogen and oxygen atoms in total. The van der Waals surface area contributed by atoms with Crippen LogP contribution in [0, 0.1) is 29.6 Å². The van der Waals surface area contributed by atoms with Gasteiger partial charge in [-0.25, -0.2) is 15.0 Å². The molecule has 0 bridgehead atoms. The number of nitrogens with one attached hydrogen (secondary N) is 1. The quantitative estimate of drug-likeness (QED) is 0.588. The molecule has 1 aliphatic heterocycles. The number of hydrogen-bond donors (Lipinski definition) is 1. The van der Waals surface area contributed by atoms with Crippen LogP contribution in [0.15, 0.2) is 34.9 Å². The smallest absolute Gasteiger partial charge is 0.252 e. The van der Waals surface area contributed by atoms with Crippen LogP contribution in [0.2, 0.25) is 0 Å². The van der Waals surface area contributed by atoms with Crippen molar-refractivity contribution in [2.45, 2.75) is 6.92 Å². The monoisotopic (exact) mass is 442 g/mol. The number of likely N-dealkylation sites (N-methyl/N-ethyl adjacent to an activating group) is 1. The number of nitriles is 2. The molecule has 0 spiro atoms. The van der Waals surface area contributed by atoms with E-state index < -0.39 is 0 Å². The summed E-state index contributed by atoms with van der Waals surface area (Å²) in [5.74, 6) is 1.57. The molecule has 1 fully saturated rings. The van der Waals surface area contributed by atoms with E-state index in [1.165, 1.54) is 10.9 Å². The lowest BCUT2D eigenvalue weighted by Crippen LogP contribution is -2.45. The van der Waals surface area contributed by atoms with E-state index in [1.807, 2.05) is 6.92 Å². The second-order valence-electron chi connectivity index (χ2n) is 7.44. The van der Waals surface area contributed by atoms with Crippen molar-refractivity contribution < 1.29 is 0 Å². The molecule has 0 saturated carbocycles. The summed E-state index contributed by atoms with van der Waals surface area (Å²) < 4.78 is 1.34. The lowest BCUT2D eigenvalue weighted by Gasteiger charge is -2.34. The molecule has 3 aromatic heterocycles. The van der Waals surface area contributed by atoms with Crippen molar-refractivity contribution in [3.05, 3.63) is 41.3 Å². The van der Waals surface area contributed by atoms with Crippen molar-refractivity contribution in [1.29, 1.82) is 10.5 Å². The number of anilines is 2. The molecule has 3 aromatic rings. The Kier molecular flexibility index (Phi) is 6.20. The Morgan fingerprint density at radius 3 is 2.42 bits per heavy atom. The van der Waals surface area contributed by atoms with Crippen LogP contribution >= 0.6 is 0 Å². The Labute approximate surface area is 190 Å². The van der Waals surface area contributed by atoms with E-state index in [0.29, 0.717) is 28.5 Å². The lowest BCUT2D eigenvalue weighted by molar-refractivity contribution is 0.312. The van der Waals surface area contributed by atoms with Crippen molar-refractivity contribution >= 4 is 23.1 Å². The number of hydrogen-bond acceptors (Lipinski definition) is 11. The molecule has 0 aliphatic carbocycles. The fourth-order valence-electron chi connectivity index (χ4n) is 3.52. The zero-order chi connectivity index (χ0) is 23.4. The number of rotatable bonds is 5. The first-order chi connectivity index (χ1) is 16.1. The minimum atomic E-state index is 0.187. The summed E-state index contributed by atoms with van der Waals surface area (Å²) in [6.45, 7) is 5.17. The standard InChI is InChI=1S/C21H22N12/c1-14-16(12-23)20(32-9-7-31(3)8-10-32)28-18(24-2)17(14)29-30-19-15(11-22)13-27-33(19)21-25-5-4-6-26-21/h4-6,13H,7-10H2,1-3H3,(H,24,28)/b30-29+. The van der Waals surface area contributed by atoms with Crippen LogP contribution in [0.4, 0.5) is 23.1 Å². The summed E-state index contributed by atoms with van der Waals surface area (Å²) >= 11 is 0. The molecule has 1 saturated heterocycles. The predicted molar refractivity (Wildman–Crippen MR) is 121 cm³/mol. The number of aromatic nitrogens is 5. The Bertz CT molecular complexity index is 1260. The molecule has 0 unspecified atom stereocenters. The number of pyridine rings is 1. The van der Waals surface area contributed by atoms with Gasteiger partial charge in [-0.2, -0.15) is 20.3 Å². The van der Waals surface area contributed by atoms with Gasteiger partial charge in [-0.1, -0.05) is 0 Å². The third kappa shape index (κ3) is 4.20. The Balaban J connectivity index is 1.78. The van der Waals surface area contributed by atoms with Gasteiger partial charge in [0.25, 0.3) is 5.95 Å². The van der Waals surface area contributed by atoms with Gasteiger partial charge in [0.2, 0.25) is 0 Å².